The lowest BCUT2D eigenvalue weighted by atomic mass is 10.1. The Morgan fingerprint density at radius 3 is 2.76 bits per heavy atom. The van der Waals surface area contributed by atoms with Gasteiger partial charge in [0, 0.05) is 23.2 Å². The predicted octanol–water partition coefficient (Wildman–Crippen LogP) is 3.45. The van der Waals surface area contributed by atoms with E-state index in [4.69, 9.17) is 4.74 Å². The van der Waals surface area contributed by atoms with Crippen LogP contribution in [-0.4, -0.2) is 17.0 Å². The van der Waals surface area contributed by atoms with Crippen molar-refractivity contribution < 1.29 is 4.74 Å². The Hall–Kier alpha value is -2.46. The topological polar surface area (TPSA) is 47.0 Å². The van der Waals surface area contributed by atoms with Crippen LogP contribution in [0.2, 0.25) is 0 Å². The van der Waals surface area contributed by atoms with Gasteiger partial charge < -0.3 is 10.1 Å². The van der Waals surface area contributed by atoms with E-state index in [0.29, 0.717) is 18.2 Å². The van der Waals surface area contributed by atoms with Gasteiger partial charge in [0.1, 0.15) is 5.75 Å². The van der Waals surface area contributed by atoms with Crippen molar-refractivity contribution in [3.63, 3.8) is 0 Å². The molecule has 106 valence electrons. The molecule has 0 amide bonds. The van der Waals surface area contributed by atoms with E-state index in [9.17, 15) is 0 Å². The van der Waals surface area contributed by atoms with Crippen molar-refractivity contribution in [3.8, 4) is 11.6 Å². The highest BCUT2D eigenvalue weighted by Crippen LogP contribution is 2.26. The Bertz CT molecular complexity index is 754. The van der Waals surface area contributed by atoms with Gasteiger partial charge >= 0.3 is 0 Å². The summed E-state index contributed by atoms with van der Waals surface area (Å²) in [6.07, 6.45) is 1.72. The second kappa shape index (κ2) is 5.89. The van der Waals surface area contributed by atoms with Crippen LogP contribution in [0.1, 0.15) is 11.3 Å². The first-order valence-electron chi connectivity index (χ1n) is 6.90. The molecule has 2 heterocycles. The van der Waals surface area contributed by atoms with Crippen LogP contribution < -0.4 is 10.1 Å². The molecule has 0 aliphatic rings. The number of benzene rings is 1. The average Bonchev–Trinajstić information content (AvgIpc) is 2.50. The number of hydrogen-bond acceptors (Lipinski definition) is 4. The molecule has 0 fully saturated rings. The highest BCUT2D eigenvalue weighted by atomic mass is 16.5. The summed E-state index contributed by atoms with van der Waals surface area (Å²) in [6, 6.07) is 14.0. The van der Waals surface area contributed by atoms with Gasteiger partial charge in [-0.05, 0) is 38.2 Å². The van der Waals surface area contributed by atoms with Crippen molar-refractivity contribution in [3.05, 3.63) is 59.9 Å². The first kappa shape index (κ1) is 13.5. The summed E-state index contributed by atoms with van der Waals surface area (Å²) in [7, 11) is 1.91. The summed E-state index contributed by atoms with van der Waals surface area (Å²) in [6.45, 7) is 2.65. The molecule has 0 aliphatic carbocycles. The third-order valence-corrected chi connectivity index (χ3v) is 3.23. The van der Waals surface area contributed by atoms with Crippen molar-refractivity contribution in [1.29, 1.82) is 0 Å². The summed E-state index contributed by atoms with van der Waals surface area (Å²) in [5.41, 5.74) is 2.91. The normalized spacial score (nSPS) is 10.8. The predicted molar refractivity (Wildman–Crippen MR) is 83.6 cm³/mol. The molecule has 0 saturated heterocycles. The summed E-state index contributed by atoms with van der Waals surface area (Å²) in [5, 5.41) is 4.26. The number of pyridine rings is 2. The number of hydrogen-bond donors (Lipinski definition) is 1. The van der Waals surface area contributed by atoms with Crippen molar-refractivity contribution in [1.82, 2.24) is 15.3 Å². The van der Waals surface area contributed by atoms with Gasteiger partial charge in [-0.1, -0.05) is 18.2 Å². The molecule has 0 bridgehead atoms. The summed E-state index contributed by atoms with van der Waals surface area (Å²) in [4.78, 5) is 8.87. The Morgan fingerprint density at radius 1 is 1.14 bits per heavy atom. The van der Waals surface area contributed by atoms with Crippen molar-refractivity contribution in [2.24, 2.45) is 0 Å². The molecule has 3 rings (SSSR count). The summed E-state index contributed by atoms with van der Waals surface area (Å²) in [5.74, 6) is 1.31. The minimum Gasteiger partial charge on any atom is -0.437 e. The van der Waals surface area contributed by atoms with Gasteiger partial charge in [-0.25, -0.2) is 4.98 Å². The molecule has 0 unspecified atom stereocenters. The molecule has 0 saturated carbocycles. The van der Waals surface area contributed by atoms with Gasteiger partial charge in [0.2, 0.25) is 5.88 Å². The van der Waals surface area contributed by atoms with E-state index in [-0.39, 0.29) is 0 Å². The molecule has 4 heteroatoms. The van der Waals surface area contributed by atoms with E-state index in [1.165, 1.54) is 0 Å². The van der Waals surface area contributed by atoms with Crippen LogP contribution in [0, 0.1) is 6.92 Å². The van der Waals surface area contributed by atoms with E-state index < -0.39 is 0 Å². The van der Waals surface area contributed by atoms with E-state index >= 15 is 0 Å². The zero-order valence-electron chi connectivity index (χ0n) is 12.1. The maximum absolute atomic E-state index is 5.91. The Balaban J connectivity index is 2.02. The van der Waals surface area contributed by atoms with Crippen LogP contribution in [0.3, 0.4) is 0 Å². The Kier molecular flexibility index (Phi) is 3.79. The largest absolute Gasteiger partial charge is 0.437 e. The first-order chi connectivity index (χ1) is 10.3. The highest BCUT2D eigenvalue weighted by Gasteiger charge is 2.09. The maximum Gasteiger partial charge on any atom is 0.224 e. The maximum atomic E-state index is 5.91. The van der Waals surface area contributed by atoms with Gasteiger partial charge in [-0.15, -0.1) is 0 Å². The van der Waals surface area contributed by atoms with Crippen molar-refractivity contribution >= 4 is 10.9 Å². The number of ether oxygens (including phenoxy) is 1. The smallest absolute Gasteiger partial charge is 0.224 e. The third-order valence-electron chi connectivity index (χ3n) is 3.23. The lowest BCUT2D eigenvalue weighted by molar-refractivity contribution is 0.454. The van der Waals surface area contributed by atoms with Crippen LogP contribution in [-0.2, 0) is 6.54 Å². The number of aromatic nitrogens is 2. The van der Waals surface area contributed by atoms with Gasteiger partial charge in [-0.2, -0.15) is 0 Å². The zero-order chi connectivity index (χ0) is 14.7. The van der Waals surface area contributed by atoms with Crippen molar-refractivity contribution in [2.45, 2.75) is 13.5 Å². The second-order valence-electron chi connectivity index (χ2n) is 4.91. The molecule has 1 N–H and O–H groups in total. The lowest BCUT2D eigenvalue weighted by Crippen LogP contribution is -2.07. The molecular weight excluding hydrogens is 262 g/mol. The number of para-hydroxylation sites is 1. The summed E-state index contributed by atoms with van der Waals surface area (Å²) >= 11 is 0. The molecular formula is C17H17N3O. The van der Waals surface area contributed by atoms with E-state index in [1.807, 2.05) is 44.3 Å². The fourth-order valence-corrected chi connectivity index (χ4v) is 2.17. The second-order valence-corrected chi connectivity index (χ2v) is 4.91. The van der Waals surface area contributed by atoms with Gasteiger partial charge in [-0.3, -0.25) is 4.98 Å². The standard InChI is InChI=1S/C17H17N3O/c1-12-7-8-15(11-19-12)21-17-14(10-18-2)9-13-5-3-4-6-16(13)20-17/h3-9,11,18H,10H2,1-2H3. The van der Waals surface area contributed by atoms with Gasteiger partial charge in [0.15, 0.2) is 0 Å². The monoisotopic (exact) mass is 279 g/mol. The molecule has 0 spiro atoms. The Labute approximate surface area is 123 Å². The molecule has 1 aromatic carbocycles. The number of aryl methyl sites for hydroxylation is 1. The highest BCUT2D eigenvalue weighted by molar-refractivity contribution is 5.80. The van der Waals surface area contributed by atoms with Gasteiger partial charge in [0.25, 0.3) is 0 Å². The molecule has 4 nitrogen and oxygen atoms in total. The SMILES string of the molecule is CNCc1cc2ccccc2nc1Oc1ccc(C)nc1. The first-order valence-corrected chi connectivity index (χ1v) is 6.90. The molecule has 0 aliphatic heterocycles. The zero-order valence-corrected chi connectivity index (χ0v) is 12.1. The van der Waals surface area contributed by atoms with E-state index in [1.54, 1.807) is 6.20 Å². The van der Waals surface area contributed by atoms with E-state index in [0.717, 1.165) is 22.2 Å². The van der Waals surface area contributed by atoms with Crippen LogP contribution in [0.5, 0.6) is 11.6 Å². The number of nitrogens with one attached hydrogen (secondary N) is 1. The van der Waals surface area contributed by atoms with Crippen LogP contribution in [0.15, 0.2) is 48.7 Å². The van der Waals surface area contributed by atoms with Crippen LogP contribution in [0.4, 0.5) is 0 Å². The fraction of sp³-hybridized carbons (Fsp3) is 0.176. The number of fused-ring (bicyclic) bond motifs is 1. The minimum absolute atomic E-state index is 0.619. The van der Waals surface area contributed by atoms with Crippen LogP contribution >= 0.6 is 0 Å². The molecule has 0 atom stereocenters. The number of rotatable bonds is 4. The van der Waals surface area contributed by atoms with Crippen molar-refractivity contribution in [2.75, 3.05) is 7.05 Å². The van der Waals surface area contributed by atoms with Crippen LogP contribution in [0.25, 0.3) is 10.9 Å². The Morgan fingerprint density at radius 2 is 2.00 bits per heavy atom. The average molecular weight is 279 g/mol. The molecule has 21 heavy (non-hydrogen) atoms. The quantitative estimate of drug-likeness (QED) is 0.794. The summed E-state index contributed by atoms with van der Waals surface area (Å²) < 4.78 is 5.91. The molecule has 0 radical (unpaired) electrons. The number of nitrogens with zero attached hydrogens (tertiary/aromatic N) is 2. The van der Waals surface area contributed by atoms with Gasteiger partial charge in [0.05, 0.1) is 11.7 Å². The fourth-order valence-electron chi connectivity index (χ4n) is 2.17. The minimum atomic E-state index is 0.619. The molecule has 3 aromatic rings. The molecule has 2 aromatic heterocycles. The lowest BCUT2D eigenvalue weighted by Gasteiger charge is -2.11. The third kappa shape index (κ3) is 3.01. The van der Waals surface area contributed by atoms with E-state index in [2.05, 4.69) is 27.4 Å².